The lowest BCUT2D eigenvalue weighted by Crippen LogP contribution is -2.41. The molecule has 3 aliphatic rings. The first-order chi connectivity index (χ1) is 13.2. The molecule has 1 aromatic rings. The number of aliphatic imine (C=N–C) groups is 1. The molecule has 0 radical (unpaired) electrons. The number of hydrogen-bond donors (Lipinski definition) is 1. The van der Waals surface area contributed by atoms with Gasteiger partial charge in [0.1, 0.15) is 11.0 Å². The van der Waals surface area contributed by atoms with Gasteiger partial charge in [0.15, 0.2) is 11.6 Å². The van der Waals surface area contributed by atoms with Gasteiger partial charge < -0.3 is 24.4 Å². The summed E-state index contributed by atoms with van der Waals surface area (Å²) >= 11 is 1.36. The molecule has 9 heteroatoms. The summed E-state index contributed by atoms with van der Waals surface area (Å²) in [5.74, 6) is 0.226. The molecule has 4 atom stereocenters. The lowest BCUT2D eigenvalue weighted by atomic mass is 10.1. The average Bonchev–Trinajstić information content (AvgIpc) is 3.21. The van der Waals surface area contributed by atoms with E-state index in [-0.39, 0.29) is 36.0 Å². The van der Waals surface area contributed by atoms with Crippen molar-refractivity contribution in [3.63, 3.8) is 0 Å². The lowest BCUT2D eigenvalue weighted by Gasteiger charge is -2.31. The van der Waals surface area contributed by atoms with Gasteiger partial charge >= 0.3 is 0 Å². The predicted octanol–water partition coefficient (Wildman–Crippen LogP) is 2.88. The number of anilines is 1. The number of aromatic hydroxyl groups is 1. The van der Waals surface area contributed by atoms with Gasteiger partial charge in [-0.2, -0.15) is 9.97 Å². The predicted molar refractivity (Wildman–Crippen MR) is 109 cm³/mol. The van der Waals surface area contributed by atoms with Crippen molar-refractivity contribution in [3.05, 3.63) is 24.3 Å². The SMILES string of the molecule is C=C[C@H]1C[C@@H](N2C(=C)Sc3c(O)nc(/N=C/N(C)C)nc32)[C@@H]2OC(C)(C)O[C@@H]21. The van der Waals surface area contributed by atoms with E-state index < -0.39 is 5.79 Å². The maximum Gasteiger partial charge on any atom is 0.256 e. The smallest absolute Gasteiger partial charge is 0.256 e. The summed E-state index contributed by atoms with van der Waals surface area (Å²) in [4.78, 5) is 17.3. The highest BCUT2D eigenvalue weighted by atomic mass is 32.2. The molecule has 0 aromatic carbocycles. The van der Waals surface area contributed by atoms with E-state index in [0.717, 1.165) is 11.4 Å². The molecule has 1 aliphatic carbocycles. The Kier molecular flexibility index (Phi) is 4.64. The number of aromatic nitrogens is 2. The third-order valence-electron chi connectivity index (χ3n) is 5.05. The Labute approximate surface area is 169 Å². The fourth-order valence-electron chi connectivity index (χ4n) is 4.00. The van der Waals surface area contributed by atoms with Crippen molar-refractivity contribution in [1.29, 1.82) is 0 Å². The van der Waals surface area contributed by atoms with Crippen LogP contribution in [0.4, 0.5) is 11.8 Å². The van der Waals surface area contributed by atoms with Gasteiger partial charge in [-0.25, -0.2) is 4.99 Å². The quantitative estimate of drug-likeness (QED) is 0.467. The van der Waals surface area contributed by atoms with E-state index in [1.807, 2.05) is 38.9 Å². The second-order valence-corrected chi connectivity index (χ2v) is 8.92. The Morgan fingerprint density at radius 2 is 2.04 bits per heavy atom. The van der Waals surface area contributed by atoms with Crippen LogP contribution < -0.4 is 4.90 Å². The van der Waals surface area contributed by atoms with Crippen molar-refractivity contribution in [1.82, 2.24) is 14.9 Å². The molecule has 2 fully saturated rings. The molecule has 8 nitrogen and oxygen atoms in total. The van der Waals surface area contributed by atoms with Crippen LogP contribution in [-0.4, -0.2) is 64.4 Å². The van der Waals surface area contributed by atoms with Gasteiger partial charge in [0, 0.05) is 20.0 Å². The first-order valence-corrected chi connectivity index (χ1v) is 9.97. The van der Waals surface area contributed by atoms with Crippen LogP contribution in [0.1, 0.15) is 20.3 Å². The summed E-state index contributed by atoms with van der Waals surface area (Å²) < 4.78 is 12.4. The van der Waals surface area contributed by atoms with E-state index in [0.29, 0.717) is 10.7 Å². The molecule has 0 amide bonds. The monoisotopic (exact) mass is 403 g/mol. The van der Waals surface area contributed by atoms with Crippen molar-refractivity contribution in [2.45, 2.75) is 49.2 Å². The van der Waals surface area contributed by atoms with Gasteiger partial charge in [0.2, 0.25) is 5.88 Å². The maximum atomic E-state index is 10.4. The van der Waals surface area contributed by atoms with Gasteiger partial charge in [-0.1, -0.05) is 24.4 Å². The van der Waals surface area contributed by atoms with Crippen LogP contribution in [0.2, 0.25) is 0 Å². The molecule has 0 unspecified atom stereocenters. The Balaban J connectivity index is 1.72. The summed E-state index contributed by atoms with van der Waals surface area (Å²) in [5.41, 5.74) is 0. The van der Waals surface area contributed by atoms with Crippen LogP contribution >= 0.6 is 11.8 Å². The molecule has 1 saturated carbocycles. The standard InChI is InChI=1S/C19H25N5O3S/c1-7-11-8-12(14-13(11)26-19(3,4)27-14)24-10(2)28-15-16(24)21-18(22-17(15)25)20-9-23(5)6/h7,9,11-14H,1-2,8H2,3-6H3,(H,21,22,25)/b20-9+/t11-,12+,13+,14-/m0/s1. The largest absolute Gasteiger partial charge is 0.492 e. The highest BCUT2D eigenvalue weighted by molar-refractivity contribution is 8.03. The van der Waals surface area contributed by atoms with E-state index in [1.54, 1.807) is 11.2 Å². The molecule has 2 aliphatic heterocycles. The van der Waals surface area contributed by atoms with Gasteiger partial charge in [-0.15, -0.1) is 6.58 Å². The van der Waals surface area contributed by atoms with Crippen LogP contribution in [0.5, 0.6) is 5.88 Å². The van der Waals surface area contributed by atoms with Crippen LogP contribution in [0.3, 0.4) is 0 Å². The zero-order valence-corrected chi connectivity index (χ0v) is 17.3. The van der Waals surface area contributed by atoms with Gasteiger partial charge in [-0.05, 0) is 20.3 Å². The topological polar surface area (TPSA) is 83.3 Å². The molecule has 28 heavy (non-hydrogen) atoms. The second-order valence-electron chi connectivity index (χ2n) is 7.84. The highest BCUT2D eigenvalue weighted by Crippen LogP contribution is 2.53. The van der Waals surface area contributed by atoms with Crippen LogP contribution in [0.15, 0.2) is 34.2 Å². The van der Waals surface area contributed by atoms with E-state index in [2.05, 4.69) is 28.1 Å². The molecule has 1 aromatic heterocycles. The minimum Gasteiger partial charge on any atom is -0.492 e. The molecule has 0 bridgehead atoms. The normalized spacial score (nSPS) is 30.7. The first kappa shape index (κ1) is 19.2. The summed E-state index contributed by atoms with van der Waals surface area (Å²) in [5, 5.41) is 11.2. The fourth-order valence-corrected chi connectivity index (χ4v) is 4.93. The number of hydrogen-bond acceptors (Lipinski definition) is 8. The summed E-state index contributed by atoms with van der Waals surface area (Å²) in [6.45, 7) is 12.0. The van der Waals surface area contributed by atoms with Gasteiger partial charge in [0.05, 0.1) is 23.5 Å². The molecular weight excluding hydrogens is 378 g/mol. The third-order valence-corrected chi connectivity index (χ3v) is 6.05. The number of rotatable bonds is 4. The van der Waals surface area contributed by atoms with Crippen molar-refractivity contribution < 1.29 is 14.6 Å². The van der Waals surface area contributed by atoms with E-state index in [4.69, 9.17) is 9.47 Å². The molecule has 150 valence electrons. The number of thioether (sulfide) groups is 1. The average molecular weight is 404 g/mol. The minimum absolute atomic E-state index is 0.0315. The third kappa shape index (κ3) is 3.17. The Bertz CT molecular complexity index is 856. The van der Waals surface area contributed by atoms with Gasteiger partial charge in [-0.3, -0.25) is 0 Å². The van der Waals surface area contributed by atoms with Crippen LogP contribution in [-0.2, 0) is 9.47 Å². The van der Waals surface area contributed by atoms with Crippen molar-refractivity contribution in [2.24, 2.45) is 10.9 Å². The van der Waals surface area contributed by atoms with Crippen molar-refractivity contribution in [2.75, 3.05) is 19.0 Å². The molecule has 1 saturated heterocycles. The summed E-state index contributed by atoms with van der Waals surface area (Å²) in [7, 11) is 3.71. The Hall–Kier alpha value is -2.10. The Morgan fingerprint density at radius 3 is 2.71 bits per heavy atom. The molecule has 0 spiro atoms. The molecule has 4 rings (SSSR count). The second kappa shape index (κ2) is 6.75. The van der Waals surface area contributed by atoms with Crippen molar-refractivity contribution in [3.8, 4) is 5.88 Å². The maximum absolute atomic E-state index is 10.4. The minimum atomic E-state index is -0.652. The summed E-state index contributed by atoms with van der Waals surface area (Å²) in [6.07, 6.45) is 4.11. The molecule has 3 heterocycles. The van der Waals surface area contributed by atoms with Gasteiger partial charge in [0.25, 0.3) is 5.95 Å². The zero-order valence-electron chi connectivity index (χ0n) is 16.5. The van der Waals surface area contributed by atoms with Crippen LogP contribution in [0.25, 0.3) is 0 Å². The fraction of sp³-hybridized carbons (Fsp3) is 0.526. The van der Waals surface area contributed by atoms with E-state index in [9.17, 15) is 5.11 Å². The van der Waals surface area contributed by atoms with E-state index in [1.165, 1.54) is 11.8 Å². The lowest BCUT2D eigenvalue weighted by molar-refractivity contribution is -0.155. The number of fused-ring (bicyclic) bond motifs is 2. The van der Waals surface area contributed by atoms with Crippen LogP contribution in [0, 0.1) is 5.92 Å². The first-order valence-electron chi connectivity index (χ1n) is 9.16. The summed E-state index contributed by atoms with van der Waals surface area (Å²) in [6, 6.07) is -0.0315. The van der Waals surface area contributed by atoms with Crippen molar-refractivity contribution >= 4 is 29.9 Å². The zero-order chi connectivity index (χ0) is 20.2. The molecule has 1 N–H and O–H groups in total. The Morgan fingerprint density at radius 1 is 1.32 bits per heavy atom. The van der Waals surface area contributed by atoms with E-state index >= 15 is 0 Å². The number of nitrogens with zero attached hydrogens (tertiary/aromatic N) is 5. The number of ether oxygens (including phenoxy) is 2. The molecular formula is C19H25N5O3S. The highest BCUT2D eigenvalue weighted by Gasteiger charge is 2.56.